The molecule has 0 saturated heterocycles. The zero-order valence-electron chi connectivity index (χ0n) is 31.5. The van der Waals surface area contributed by atoms with Crippen molar-refractivity contribution in [3.8, 4) is 16.9 Å². The number of esters is 1. The molecule has 1 aliphatic rings. The lowest BCUT2D eigenvalue weighted by molar-refractivity contribution is 0.0587. The summed E-state index contributed by atoms with van der Waals surface area (Å²) < 4.78 is 43.5. The number of aryl methyl sites for hydroxylation is 6. The van der Waals surface area contributed by atoms with Gasteiger partial charge in [-0.3, -0.25) is 9.36 Å². The number of thioether (sulfide) groups is 1. The van der Waals surface area contributed by atoms with Gasteiger partial charge in [0, 0.05) is 77.5 Å². The molecule has 10 nitrogen and oxygen atoms in total. The van der Waals surface area contributed by atoms with Crippen molar-refractivity contribution in [1.29, 1.82) is 0 Å². The Bertz CT molecular complexity index is 2340. The van der Waals surface area contributed by atoms with E-state index < -0.39 is 5.97 Å². The lowest BCUT2D eigenvalue weighted by Gasteiger charge is -2.20. The second-order valence-electron chi connectivity index (χ2n) is 13.8. The van der Waals surface area contributed by atoms with Gasteiger partial charge in [-0.1, -0.05) is 17.7 Å². The Kier molecular flexibility index (Phi) is 11.4. The molecule has 0 spiro atoms. The van der Waals surface area contributed by atoms with E-state index in [-0.39, 0.29) is 11.9 Å². The van der Waals surface area contributed by atoms with Crippen LogP contribution < -0.4 is 4.74 Å². The van der Waals surface area contributed by atoms with Crippen molar-refractivity contribution >= 4 is 51.0 Å². The summed E-state index contributed by atoms with van der Waals surface area (Å²) >= 11 is 8.93. The number of benzene rings is 3. The molecule has 284 valence electrons. The Morgan fingerprint density at radius 2 is 1.80 bits per heavy atom. The van der Waals surface area contributed by atoms with Crippen molar-refractivity contribution < 1.29 is 28.1 Å². The van der Waals surface area contributed by atoms with Crippen molar-refractivity contribution in [2.75, 3.05) is 41.2 Å². The number of carbonyl (C=O) groups is 1. The van der Waals surface area contributed by atoms with Crippen LogP contribution in [-0.4, -0.2) is 71.2 Å². The first kappa shape index (κ1) is 37.9. The Morgan fingerprint density at radius 1 is 1.00 bits per heavy atom. The Morgan fingerprint density at radius 3 is 2.56 bits per heavy atom. The Balaban J connectivity index is 1.40. The number of hydrogen-bond acceptors (Lipinski definition) is 8. The molecule has 0 N–H and O–H groups in total. The van der Waals surface area contributed by atoms with Gasteiger partial charge < -0.3 is 23.5 Å². The molecule has 3 aromatic carbocycles. The molecule has 8 bridgehead atoms. The number of halogens is 2. The lowest BCUT2D eigenvalue weighted by atomic mass is 9.97. The average Bonchev–Trinajstić information content (AvgIpc) is 3.77. The summed E-state index contributed by atoms with van der Waals surface area (Å²) in [6.45, 7) is 5.61. The van der Waals surface area contributed by atoms with Crippen LogP contribution in [0.3, 0.4) is 0 Å². The molecular formula is C41H45ClFN5O5S. The molecule has 0 saturated carbocycles. The third-order valence-electron chi connectivity index (χ3n) is 10.2. The van der Waals surface area contributed by atoms with Gasteiger partial charge in [-0.05, 0) is 92.1 Å². The predicted octanol–water partition coefficient (Wildman–Crippen LogP) is 8.42. The summed E-state index contributed by atoms with van der Waals surface area (Å²) in [6.07, 6.45) is 2.08. The maximum atomic E-state index is 14.4. The zero-order chi connectivity index (χ0) is 38.1. The van der Waals surface area contributed by atoms with E-state index in [1.54, 1.807) is 38.1 Å². The first-order valence-electron chi connectivity index (χ1n) is 18.0. The molecule has 13 heteroatoms. The van der Waals surface area contributed by atoms with Crippen LogP contribution in [0, 0.1) is 19.7 Å². The molecular weight excluding hydrogens is 729 g/mol. The average molecular weight is 774 g/mol. The van der Waals surface area contributed by atoms with Gasteiger partial charge in [0.1, 0.15) is 17.3 Å². The minimum absolute atomic E-state index is 0.181. The van der Waals surface area contributed by atoms with Gasteiger partial charge in [0.2, 0.25) is 0 Å². The van der Waals surface area contributed by atoms with Gasteiger partial charge >= 0.3 is 5.97 Å². The number of carbonyl (C=O) groups excluding carboxylic acids is 1. The van der Waals surface area contributed by atoms with Gasteiger partial charge in [-0.2, -0.15) is 10.2 Å². The molecule has 7 rings (SSSR count). The number of fused-ring (bicyclic) bond motifs is 8. The molecule has 0 atom stereocenters. The number of rotatable bonds is 6. The third-order valence-corrected chi connectivity index (χ3v) is 11.5. The highest BCUT2D eigenvalue weighted by Gasteiger charge is 2.29. The normalized spacial score (nSPS) is 14.0. The van der Waals surface area contributed by atoms with Crippen LogP contribution in [0.1, 0.15) is 56.9 Å². The van der Waals surface area contributed by atoms with Crippen molar-refractivity contribution in [2.24, 2.45) is 7.05 Å². The number of methoxy groups -OCH3 is 3. The Hall–Kier alpha value is -4.36. The highest BCUT2D eigenvalue weighted by molar-refractivity contribution is 7.97. The fraction of sp³-hybridized carbons (Fsp3) is 0.390. The molecule has 4 heterocycles. The summed E-state index contributed by atoms with van der Waals surface area (Å²) in [6, 6.07) is 14.7. The van der Waals surface area contributed by atoms with E-state index in [1.807, 2.05) is 53.0 Å². The summed E-state index contributed by atoms with van der Waals surface area (Å²) in [5, 5.41) is 13.0. The van der Waals surface area contributed by atoms with Crippen molar-refractivity contribution in [2.45, 2.75) is 57.2 Å². The van der Waals surface area contributed by atoms with Crippen LogP contribution in [0.15, 0.2) is 48.5 Å². The predicted molar refractivity (Wildman–Crippen MR) is 211 cm³/mol. The Labute approximate surface area is 323 Å². The molecule has 1 aliphatic heterocycles. The molecule has 6 aromatic rings. The van der Waals surface area contributed by atoms with E-state index >= 15 is 0 Å². The first-order valence-corrected chi connectivity index (χ1v) is 19.6. The van der Waals surface area contributed by atoms with Crippen molar-refractivity contribution in [1.82, 2.24) is 24.1 Å². The molecule has 0 radical (unpaired) electrons. The minimum atomic E-state index is -0.431. The fourth-order valence-electron chi connectivity index (χ4n) is 7.82. The smallest absolute Gasteiger partial charge is 0.354 e. The van der Waals surface area contributed by atoms with Gasteiger partial charge in [0.15, 0.2) is 0 Å². The number of nitrogens with zero attached hydrogens (tertiary/aromatic N) is 5. The van der Waals surface area contributed by atoms with E-state index in [2.05, 4.69) is 12.1 Å². The van der Waals surface area contributed by atoms with E-state index in [9.17, 15) is 9.18 Å². The largest absolute Gasteiger partial charge is 0.493 e. The molecule has 54 heavy (non-hydrogen) atoms. The monoisotopic (exact) mass is 773 g/mol. The summed E-state index contributed by atoms with van der Waals surface area (Å²) in [5.41, 5.74) is 8.76. The topological polar surface area (TPSA) is 94.6 Å². The molecule has 0 unspecified atom stereocenters. The number of aromatic nitrogens is 5. The van der Waals surface area contributed by atoms with E-state index in [4.69, 9.17) is 40.7 Å². The quantitative estimate of drug-likeness (QED) is 0.156. The highest BCUT2D eigenvalue weighted by Crippen LogP contribution is 2.44. The summed E-state index contributed by atoms with van der Waals surface area (Å²) in [7, 11) is 6.73. The van der Waals surface area contributed by atoms with Gasteiger partial charge in [0.25, 0.3) is 0 Å². The number of ether oxygens (including phenoxy) is 4. The van der Waals surface area contributed by atoms with Crippen LogP contribution in [0.2, 0.25) is 5.02 Å². The summed E-state index contributed by atoms with van der Waals surface area (Å²) in [5.74, 6) is 1.26. The van der Waals surface area contributed by atoms with Crippen LogP contribution in [-0.2, 0) is 52.2 Å². The standard InChI is InChI=1S/C41H45ClFN5O5S/c1-24-37-34-13-12-33(42)39(37)38-25(2)44-48(31(20-50-4)21-51-5)35(38)23-54-22-29-19-30(46(3)45-29)10-8-26-16-27-18-28(43)9-11-32(27)36(17-26)53-15-7-14-47(34)40(24)41(49)52-6/h9,11-13,16-19,31H,7-8,10,14-15,20-23H2,1-6H3. The molecule has 3 aromatic heterocycles. The van der Waals surface area contributed by atoms with Crippen LogP contribution in [0.25, 0.3) is 32.8 Å². The van der Waals surface area contributed by atoms with Gasteiger partial charge in [0.05, 0.1) is 50.1 Å². The van der Waals surface area contributed by atoms with Crippen LogP contribution in [0.4, 0.5) is 4.39 Å². The van der Waals surface area contributed by atoms with Crippen LogP contribution >= 0.6 is 23.4 Å². The second-order valence-corrected chi connectivity index (χ2v) is 15.1. The molecule has 0 amide bonds. The molecule has 0 fully saturated rings. The van der Waals surface area contributed by atoms with Gasteiger partial charge in [-0.25, -0.2) is 9.18 Å². The SMILES string of the molecule is COCC(COC)n1nc(C)c2c1CSCc1cc(n(C)n1)CCc1cc(c3ccc(F)cc3c1)OCCCn1c(C(=O)OC)c(C)c3c-2c(Cl)ccc31. The zero-order valence-corrected chi connectivity index (χ0v) is 33.1. The highest BCUT2D eigenvalue weighted by atomic mass is 35.5. The van der Waals surface area contributed by atoms with E-state index in [0.29, 0.717) is 60.8 Å². The third kappa shape index (κ3) is 7.24. The van der Waals surface area contributed by atoms with E-state index in [0.717, 1.165) is 79.5 Å². The molecule has 0 aliphatic carbocycles. The van der Waals surface area contributed by atoms with E-state index in [1.165, 1.54) is 13.2 Å². The maximum Gasteiger partial charge on any atom is 0.354 e. The van der Waals surface area contributed by atoms with Crippen LogP contribution in [0.5, 0.6) is 5.75 Å². The lowest BCUT2D eigenvalue weighted by Crippen LogP contribution is -2.22. The first-order chi connectivity index (χ1) is 26.1. The maximum absolute atomic E-state index is 14.4. The minimum Gasteiger partial charge on any atom is -0.493 e. The summed E-state index contributed by atoms with van der Waals surface area (Å²) in [4.78, 5) is 13.5. The fourth-order valence-corrected chi connectivity index (χ4v) is 8.99. The van der Waals surface area contributed by atoms with Crippen molar-refractivity contribution in [3.05, 3.63) is 99.0 Å². The van der Waals surface area contributed by atoms with Gasteiger partial charge in [-0.15, -0.1) is 11.8 Å². The van der Waals surface area contributed by atoms with Crippen molar-refractivity contribution in [3.63, 3.8) is 0 Å². The number of hydrogen-bond donors (Lipinski definition) is 0. The second kappa shape index (κ2) is 16.2.